The zero-order valence-electron chi connectivity index (χ0n) is 12.5. The Bertz CT molecular complexity index is 702. The van der Waals surface area contributed by atoms with Gasteiger partial charge in [-0.25, -0.2) is 9.37 Å². The van der Waals surface area contributed by atoms with Crippen molar-refractivity contribution in [3.63, 3.8) is 0 Å². The third kappa shape index (κ3) is 3.57. The molecule has 1 heterocycles. The van der Waals surface area contributed by atoms with Gasteiger partial charge in [-0.3, -0.25) is 0 Å². The van der Waals surface area contributed by atoms with Crippen LogP contribution in [0.4, 0.5) is 10.2 Å². The van der Waals surface area contributed by atoms with Crippen molar-refractivity contribution in [1.29, 1.82) is 5.26 Å². The lowest BCUT2D eigenvalue weighted by molar-refractivity contribution is 0.625. The Morgan fingerprint density at radius 2 is 1.95 bits per heavy atom. The molecule has 2 rings (SSSR count). The Labute approximate surface area is 124 Å². The standard InChI is InChI=1S/C17H18FN3/c1-11-9-15(18)5-4-14(11)6-7-20-17-16(10-19)12(2)8-13(3)21-17/h4-5,8-9H,6-7H2,1-3H3,(H,20,21). The van der Waals surface area contributed by atoms with Crippen LogP contribution in [0, 0.1) is 37.9 Å². The van der Waals surface area contributed by atoms with Crippen LogP contribution in [0.2, 0.25) is 0 Å². The summed E-state index contributed by atoms with van der Waals surface area (Å²) in [6, 6.07) is 8.88. The zero-order chi connectivity index (χ0) is 15.4. The van der Waals surface area contributed by atoms with Gasteiger partial charge in [0.15, 0.2) is 0 Å². The number of benzene rings is 1. The first-order valence-electron chi connectivity index (χ1n) is 6.88. The number of aryl methyl sites for hydroxylation is 3. The van der Waals surface area contributed by atoms with E-state index in [0.29, 0.717) is 17.9 Å². The van der Waals surface area contributed by atoms with Crippen molar-refractivity contribution < 1.29 is 4.39 Å². The average Bonchev–Trinajstić information content (AvgIpc) is 2.41. The van der Waals surface area contributed by atoms with Gasteiger partial charge in [0.25, 0.3) is 0 Å². The van der Waals surface area contributed by atoms with E-state index in [9.17, 15) is 9.65 Å². The molecule has 0 unspecified atom stereocenters. The van der Waals surface area contributed by atoms with Gasteiger partial charge in [0.05, 0.1) is 5.56 Å². The van der Waals surface area contributed by atoms with Crippen molar-refractivity contribution in [2.45, 2.75) is 27.2 Å². The first-order valence-corrected chi connectivity index (χ1v) is 6.88. The van der Waals surface area contributed by atoms with Crippen LogP contribution in [0.1, 0.15) is 27.9 Å². The molecule has 21 heavy (non-hydrogen) atoms. The van der Waals surface area contributed by atoms with Gasteiger partial charge in [0, 0.05) is 12.2 Å². The lowest BCUT2D eigenvalue weighted by atomic mass is 10.1. The van der Waals surface area contributed by atoms with E-state index in [1.807, 2.05) is 26.8 Å². The summed E-state index contributed by atoms with van der Waals surface area (Å²) < 4.78 is 13.1. The van der Waals surface area contributed by atoms with Crippen LogP contribution in [0.3, 0.4) is 0 Å². The number of nitrogens with one attached hydrogen (secondary N) is 1. The van der Waals surface area contributed by atoms with E-state index >= 15 is 0 Å². The molecule has 0 radical (unpaired) electrons. The first kappa shape index (κ1) is 15.0. The minimum absolute atomic E-state index is 0.216. The molecule has 4 heteroatoms. The second-order valence-corrected chi connectivity index (χ2v) is 5.16. The molecule has 1 N–H and O–H groups in total. The lowest BCUT2D eigenvalue weighted by Gasteiger charge is -2.11. The molecule has 1 aromatic carbocycles. The van der Waals surface area contributed by atoms with Gasteiger partial charge in [-0.2, -0.15) is 5.26 Å². The average molecular weight is 283 g/mol. The molecule has 0 spiro atoms. The Morgan fingerprint density at radius 3 is 2.62 bits per heavy atom. The predicted octanol–water partition coefficient (Wildman–Crippen LogP) is 3.67. The highest BCUT2D eigenvalue weighted by Gasteiger charge is 2.08. The Balaban J connectivity index is 2.09. The van der Waals surface area contributed by atoms with Gasteiger partial charge >= 0.3 is 0 Å². The SMILES string of the molecule is Cc1cc(C)c(C#N)c(NCCc2ccc(F)cc2C)n1. The van der Waals surface area contributed by atoms with Crippen LogP contribution in [0.25, 0.3) is 0 Å². The van der Waals surface area contributed by atoms with E-state index in [1.165, 1.54) is 12.1 Å². The van der Waals surface area contributed by atoms with Crippen molar-refractivity contribution in [2.24, 2.45) is 0 Å². The molecule has 108 valence electrons. The molecule has 0 bridgehead atoms. The highest BCUT2D eigenvalue weighted by Crippen LogP contribution is 2.18. The van der Waals surface area contributed by atoms with E-state index < -0.39 is 0 Å². The number of aromatic nitrogens is 1. The molecule has 0 atom stereocenters. The fourth-order valence-electron chi connectivity index (χ4n) is 2.36. The molecule has 3 nitrogen and oxygen atoms in total. The Morgan fingerprint density at radius 1 is 1.19 bits per heavy atom. The normalized spacial score (nSPS) is 10.2. The number of halogens is 1. The molecular weight excluding hydrogens is 265 g/mol. The maximum absolute atomic E-state index is 13.1. The van der Waals surface area contributed by atoms with Crippen molar-refractivity contribution in [3.8, 4) is 6.07 Å². The van der Waals surface area contributed by atoms with Crippen LogP contribution in [0.5, 0.6) is 0 Å². The third-order valence-electron chi connectivity index (χ3n) is 3.45. The molecule has 2 aromatic rings. The number of nitriles is 1. The quantitative estimate of drug-likeness (QED) is 0.931. The number of hydrogen-bond donors (Lipinski definition) is 1. The van der Waals surface area contributed by atoms with Crippen LogP contribution >= 0.6 is 0 Å². The predicted molar refractivity (Wildman–Crippen MR) is 81.8 cm³/mol. The summed E-state index contributed by atoms with van der Waals surface area (Å²) in [6.45, 7) is 6.36. The summed E-state index contributed by atoms with van der Waals surface area (Å²) in [5, 5.41) is 12.4. The van der Waals surface area contributed by atoms with Crippen molar-refractivity contribution in [1.82, 2.24) is 4.98 Å². The minimum Gasteiger partial charge on any atom is -0.369 e. The highest BCUT2D eigenvalue weighted by molar-refractivity contribution is 5.56. The zero-order valence-corrected chi connectivity index (χ0v) is 12.5. The van der Waals surface area contributed by atoms with Crippen molar-refractivity contribution >= 4 is 5.82 Å². The smallest absolute Gasteiger partial charge is 0.144 e. The highest BCUT2D eigenvalue weighted by atomic mass is 19.1. The van der Waals surface area contributed by atoms with Crippen LogP contribution < -0.4 is 5.32 Å². The molecule has 0 aliphatic carbocycles. The van der Waals surface area contributed by atoms with E-state index in [2.05, 4.69) is 16.4 Å². The third-order valence-corrected chi connectivity index (χ3v) is 3.45. The Hall–Kier alpha value is -2.41. The Kier molecular flexibility index (Phi) is 4.54. The summed E-state index contributed by atoms with van der Waals surface area (Å²) in [6.07, 6.45) is 0.756. The second kappa shape index (κ2) is 6.36. The fourth-order valence-corrected chi connectivity index (χ4v) is 2.36. The number of pyridine rings is 1. The van der Waals surface area contributed by atoms with Gasteiger partial charge in [-0.05, 0) is 62.1 Å². The number of nitrogens with zero attached hydrogens (tertiary/aromatic N) is 2. The number of anilines is 1. The second-order valence-electron chi connectivity index (χ2n) is 5.16. The van der Waals surface area contributed by atoms with E-state index in [4.69, 9.17) is 0 Å². The summed E-state index contributed by atoms with van der Waals surface area (Å²) in [5.41, 5.74) is 4.41. The molecule has 0 saturated heterocycles. The fraction of sp³-hybridized carbons (Fsp3) is 0.294. The molecule has 1 aromatic heterocycles. The largest absolute Gasteiger partial charge is 0.369 e. The van der Waals surface area contributed by atoms with Crippen LogP contribution in [-0.4, -0.2) is 11.5 Å². The van der Waals surface area contributed by atoms with Gasteiger partial charge in [-0.15, -0.1) is 0 Å². The van der Waals surface area contributed by atoms with E-state index in [1.54, 1.807) is 6.07 Å². The van der Waals surface area contributed by atoms with Gasteiger partial charge < -0.3 is 5.32 Å². The molecular formula is C17H18FN3. The minimum atomic E-state index is -0.216. The molecule has 0 aliphatic heterocycles. The number of hydrogen-bond acceptors (Lipinski definition) is 3. The topological polar surface area (TPSA) is 48.7 Å². The van der Waals surface area contributed by atoms with E-state index in [0.717, 1.165) is 28.8 Å². The maximum Gasteiger partial charge on any atom is 0.144 e. The lowest BCUT2D eigenvalue weighted by Crippen LogP contribution is -2.10. The molecule has 0 amide bonds. The molecule has 0 fully saturated rings. The summed E-state index contributed by atoms with van der Waals surface area (Å²) in [7, 11) is 0. The van der Waals surface area contributed by atoms with Crippen LogP contribution in [-0.2, 0) is 6.42 Å². The van der Waals surface area contributed by atoms with E-state index in [-0.39, 0.29) is 5.82 Å². The summed E-state index contributed by atoms with van der Waals surface area (Å²) in [5.74, 6) is 0.404. The van der Waals surface area contributed by atoms with Gasteiger partial charge in [-0.1, -0.05) is 6.07 Å². The van der Waals surface area contributed by atoms with Crippen LogP contribution in [0.15, 0.2) is 24.3 Å². The molecule has 0 aliphatic rings. The van der Waals surface area contributed by atoms with Gasteiger partial charge in [0.1, 0.15) is 17.7 Å². The monoisotopic (exact) mass is 283 g/mol. The maximum atomic E-state index is 13.1. The number of rotatable bonds is 4. The van der Waals surface area contributed by atoms with Crippen molar-refractivity contribution in [2.75, 3.05) is 11.9 Å². The molecule has 0 saturated carbocycles. The van der Waals surface area contributed by atoms with Crippen molar-refractivity contribution in [3.05, 3.63) is 58.0 Å². The summed E-state index contributed by atoms with van der Waals surface area (Å²) in [4.78, 5) is 4.38. The summed E-state index contributed by atoms with van der Waals surface area (Å²) >= 11 is 0. The van der Waals surface area contributed by atoms with Gasteiger partial charge in [0.2, 0.25) is 0 Å². The first-order chi connectivity index (χ1) is 10.0.